The van der Waals surface area contributed by atoms with Crippen molar-refractivity contribution in [3.63, 3.8) is 0 Å². The Balaban J connectivity index is 0.00000280. The van der Waals surface area contributed by atoms with Crippen molar-refractivity contribution in [3.05, 3.63) is 29.8 Å². The molecule has 28 heavy (non-hydrogen) atoms. The summed E-state index contributed by atoms with van der Waals surface area (Å²) in [6.45, 7) is 4.11. The Labute approximate surface area is 173 Å². The van der Waals surface area contributed by atoms with Crippen LogP contribution in [0, 0.1) is 5.92 Å². The minimum absolute atomic E-state index is 0. The number of hydrogen-bond acceptors (Lipinski definition) is 4. The van der Waals surface area contributed by atoms with Crippen molar-refractivity contribution in [3.8, 4) is 5.75 Å². The predicted molar refractivity (Wildman–Crippen MR) is 112 cm³/mol. The predicted octanol–water partition coefficient (Wildman–Crippen LogP) is 2.41. The van der Waals surface area contributed by atoms with Crippen LogP contribution in [-0.2, 0) is 9.59 Å². The molecule has 0 spiro atoms. The summed E-state index contributed by atoms with van der Waals surface area (Å²) in [4.78, 5) is 28.6. The van der Waals surface area contributed by atoms with Crippen molar-refractivity contribution in [1.29, 1.82) is 0 Å². The lowest BCUT2D eigenvalue weighted by molar-refractivity contribution is -0.138. The molecule has 2 fully saturated rings. The second kappa shape index (κ2) is 10.1. The van der Waals surface area contributed by atoms with Gasteiger partial charge in [-0.05, 0) is 43.2 Å². The summed E-state index contributed by atoms with van der Waals surface area (Å²) in [5.41, 5.74) is 7.31. The molecule has 2 atom stereocenters. The van der Waals surface area contributed by atoms with Crippen molar-refractivity contribution in [2.45, 2.75) is 44.6 Å². The molecule has 0 aliphatic carbocycles. The average Bonchev–Trinajstić information content (AvgIpc) is 2.89. The molecule has 2 N–H and O–H groups in total. The van der Waals surface area contributed by atoms with E-state index in [4.69, 9.17) is 10.5 Å². The van der Waals surface area contributed by atoms with Gasteiger partial charge in [0.15, 0.2) is 0 Å². The van der Waals surface area contributed by atoms with Crippen molar-refractivity contribution in [1.82, 2.24) is 9.80 Å². The summed E-state index contributed by atoms with van der Waals surface area (Å²) in [6.07, 6.45) is 3.43. The van der Waals surface area contributed by atoms with Crippen molar-refractivity contribution in [2.24, 2.45) is 11.7 Å². The van der Waals surface area contributed by atoms with Gasteiger partial charge < -0.3 is 20.3 Å². The van der Waals surface area contributed by atoms with Gasteiger partial charge in [0, 0.05) is 39.1 Å². The Hall–Kier alpha value is -1.79. The number of nitrogens with zero attached hydrogens (tertiary/aromatic N) is 2. The molecule has 156 valence electrons. The minimum atomic E-state index is -0.134. The molecule has 0 saturated carbocycles. The first-order chi connectivity index (χ1) is 13.0. The lowest BCUT2D eigenvalue weighted by Gasteiger charge is -2.35. The Bertz CT molecular complexity index is 677. The normalized spacial score (nSPS) is 23.5. The number of carbonyl (C=O) groups excluding carboxylic acids is 2. The Morgan fingerprint density at radius 2 is 1.71 bits per heavy atom. The number of amides is 2. The summed E-state index contributed by atoms with van der Waals surface area (Å²) in [5, 5.41) is 0. The van der Waals surface area contributed by atoms with Gasteiger partial charge in [-0.1, -0.05) is 18.2 Å². The van der Waals surface area contributed by atoms with Crippen LogP contribution in [0.1, 0.15) is 44.1 Å². The first-order valence-electron chi connectivity index (χ1n) is 9.92. The van der Waals surface area contributed by atoms with Gasteiger partial charge in [0.1, 0.15) is 5.75 Å². The van der Waals surface area contributed by atoms with Crippen LogP contribution in [0.2, 0.25) is 0 Å². The van der Waals surface area contributed by atoms with Gasteiger partial charge in [0.25, 0.3) is 0 Å². The molecule has 0 radical (unpaired) electrons. The number of ether oxygens (including phenoxy) is 1. The summed E-state index contributed by atoms with van der Waals surface area (Å²) < 4.78 is 5.50. The highest BCUT2D eigenvalue weighted by atomic mass is 35.5. The van der Waals surface area contributed by atoms with E-state index in [-0.39, 0.29) is 36.2 Å². The summed E-state index contributed by atoms with van der Waals surface area (Å²) >= 11 is 0. The molecule has 2 heterocycles. The highest BCUT2D eigenvalue weighted by molar-refractivity contribution is 5.85. The second-order valence-corrected chi connectivity index (χ2v) is 7.80. The fraction of sp³-hybridized carbons (Fsp3) is 0.619. The van der Waals surface area contributed by atoms with Crippen LogP contribution in [0.5, 0.6) is 5.75 Å². The molecular weight excluding hydrogens is 378 g/mol. The minimum Gasteiger partial charge on any atom is -0.496 e. The zero-order valence-corrected chi connectivity index (χ0v) is 17.6. The van der Waals surface area contributed by atoms with Gasteiger partial charge in [-0.25, -0.2) is 0 Å². The summed E-state index contributed by atoms with van der Waals surface area (Å²) in [7, 11) is 1.70. The van der Waals surface area contributed by atoms with Crippen LogP contribution in [0.3, 0.4) is 0 Å². The molecule has 2 aliphatic heterocycles. The number of benzene rings is 1. The summed E-state index contributed by atoms with van der Waals surface area (Å²) in [5.74, 6) is 1.39. The zero-order valence-electron chi connectivity index (χ0n) is 16.8. The van der Waals surface area contributed by atoms with Gasteiger partial charge in [-0.2, -0.15) is 0 Å². The number of halogens is 1. The van der Waals surface area contributed by atoms with Crippen LogP contribution in [0.15, 0.2) is 24.3 Å². The quantitative estimate of drug-likeness (QED) is 0.831. The molecule has 0 unspecified atom stereocenters. The van der Waals surface area contributed by atoms with Crippen molar-refractivity contribution >= 4 is 24.2 Å². The molecule has 1 aromatic carbocycles. The summed E-state index contributed by atoms with van der Waals surface area (Å²) in [6, 6.07) is 8.11. The van der Waals surface area contributed by atoms with E-state index in [1.807, 2.05) is 23.1 Å². The van der Waals surface area contributed by atoms with Crippen LogP contribution in [-0.4, -0.2) is 60.9 Å². The largest absolute Gasteiger partial charge is 0.496 e. The third-order valence-corrected chi connectivity index (χ3v) is 5.96. The van der Waals surface area contributed by atoms with Crippen LogP contribution >= 0.6 is 12.4 Å². The Morgan fingerprint density at radius 3 is 2.36 bits per heavy atom. The lowest BCUT2D eigenvalue weighted by Crippen LogP contribution is -2.45. The number of rotatable bonds is 3. The number of piperidine rings is 1. The van der Waals surface area contributed by atoms with E-state index in [2.05, 4.69) is 6.07 Å². The Morgan fingerprint density at radius 1 is 1.04 bits per heavy atom. The lowest BCUT2D eigenvalue weighted by atomic mass is 9.88. The van der Waals surface area contributed by atoms with E-state index in [1.165, 1.54) is 5.56 Å². The maximum Gasteiger partial charge on any atom is 0.227 e. The first-order valence-corrected chi connectivity index (χ1v) is 9.92. The van der Waals surface area contributed by atoms with Crippen LogP contribution < -0.4 is 10.5 Å². The van der Waals surface area contributed by atoms with Gasteiger partial charge in [0.2, 0.25) is 11.8 Å². The molecule has 2 saturated heterocycles. The van der Waals surface area contributed by atoms with Crippen molar-refractivity contribution in [2.75, 3.05) is 33.3 Å². The van der Waals surface area contributed by atoms with E-state index < -0.39 is 0 Å². The molecule has 3 rings (SSSR count). The van der Waals surface area contributed by atoms with Gasteiger partial charge >= 0.3 is 0 Å². The van der Waals surface area contributed by atoms with Gasteiger partial charge in [0.05, 0.1) is 13.0 Å². The van der Waals surface area contributed by atoms with Crippen LogP contribution in [0.25, 0.3) is 0 Å². The van der Waals surface area contributed by atoms with E-state index >= 15 is 0 Å². The molecule has 1 aromatic rings. The highest BCUT2D eigenvalue weighted by Gasteiger charge is 2.33. The van der Waals surface area contributed by atoms with E-state index in [0.29, 0.717) is 19.0 Å². The number of hydrogen-bond donors (Lipinski definition) is 1. The topological polar surface area (TPSA) is 75.9 Å². The number of para-hydroxylation sites is 1. The van der Waals surface area contributed by atoms with Gasteiger partial charge in [-0.3, -0.25) is 9.59 Å². The number of methoxy groups -OCH3 is 1. The van der Waals surface area contributed by atoms with E-state index in [9.17, 15) is 9.59 Å². The monoisotopic (exact) mass is 409 g/mol. The van der Waals surface area contributed by atoms with Gasteiger partial charge in [-0.15, -0.1) is 12.4 Å². The molecule has 2 aliphatic rings. The fourth-order valence-electron chi connectivity index (χ4n) is 4.35. The highest BCUT2D eigenvalue weighted by Crippen LogP contribution is 2.34. The number of likely N-dealkylation sites (tertiary alicyclic amines) is 2. The smallest absolute Gasteiger partial charge is 0.227 e. The number of nitrogens with two attached hydrogens (primary N) is 1. The van der Waals surface area contributed by atoms with Crippen LogP contribution in [0.4, 0.5) is 0 Å². The third-order valence-electron chi connectivity index (χ3n) is 5.96. The molecule has 7 heteroatoms. The van der Waals surface area contributed by atoms with E-state index in [0.717, 1.165) is 44.5 Å². The van der Waals surface area contributed by atoms with E-state index in [1.54, 1.807) is 18.9 Å². The molecule has 0 aromatic heterocycles. The maximum absolute atomic E-state index is 13.1. The average molecular weight is 410 g/mol. The first kappa shape index (κ1) is 22.5. The molecule has 0 bridgehead atoms. The third kappa shape index (κ3) is 5.17. The standard InChI is InChI=1S/C21H31N3O3.ClH/c1-15(25)24-13-17(7-8-18(22)14-24)21(26)23-11-9-16(10-12-23)19-5-3-4-6-20(19)27-2;/h3-6,16-18H,7-14,22H2,1-2H3;1H/t17-,18+;/m1./s1. The fourth-order valence-corrected chi connectivity index (χ4v) is 4.35. The Kier molecular flexibility index (Phi) is 8.13. The number of carbonyl (C=O) groups is 2. The maximum atomic E-state index is 13.1. The molecule has 6 nitrogen and oxygen atoms in total. The second-order valence-electron chi connectivity index (χ2n) is 7.80. The zero-order chi connectivity index (χ0) is 19.4. The SMILES string of the molecule is COc1ccccc1C1CCN(C(=O)[C@@H]2CC[C@H](N)CN(C(C)=O)C2)CC1.Cl. The molecule has 2 amide bonds. The molecular formula is C21H32ClN3O3. The van der Waals surface area contributed by atoms with Crippen molar-refractivity contribution < 1.29 is 14.3 Å².